The lowest BCUT2D eigenvalue weighted by Gasteiger charge is -2.31. The molecule has 0 radical (unpaired) electrons. The second-order valence-electron chi connectivity index (χ2n) is 7.15. The molecule has 1 atom stereocenters. The highest BCUT2D eigenvalue weighted by Crippen LogP contribution is 2.28. The molecule has 2 aliphatic rings. The van der Waals surface area contributed by atoms with Gasteiger partial charge in [-0.15, -0.1) is 11.3 Å². The molecule has 0 spiro atoms. The number of thiophene rings is 1. The SMILES string of the molecule is O=C(NCCCC1CCCC1)C1CCCN(C(=O)c2cccs2)C1. The van der Waals surface area contributed by atoms with Crippen LogP contribution < -0.4 is 5.32 Å². The lowest BCUT2D eigenvalue weighted by Crippen LogP contribution is -2.45. The lowest BCUT2D eigenvalue weighted by atomic mass is 9.96. The van der Waals surface area contributed by atoms with Crippen LogP contribution in [0.15, 0.2) is 17.5 Å². The van der Waals surface area contributed by atoms with Crippen molar-refractivity contribution in [2.75, 3.05) is 19.6 Å². The van der Waals surface area contributed by atoms with Gasteiger partial charge in [-0.3, -0.25) is 9.59 Å². The first-order valence-electron chi connectivity index (χ1n) is 9.34. The molecule has 1 unspecified atom stereocenters. The van der Waals surface area contributed by atoms with Crippen LogP contribution in [-0.2, 0) is 4.79 Å². The minimum atomic E-state index is -0.0471. The van der Waals surface area contributed by atoms with E-state index in [1.165, 1.54) is 43.4 Å². The van der Waals surface area contributed by atoms with Crippen molar-refractivity contribution in [2.45, 2.75) is 51.4 Å². The maximum Gasteiger partial charge on any atom is 0.263 e. The fourth-order valence-electron chi connectivity index (χ4n) is 3.98. The van der Waals surface area contributed by atoms with Gasteiger partial charge in [0.05, 0.1) is 10.8 Å². The third-order valence-electron chi connectivity index (χ3n) is 5.37. The van der Waals surface area contributed by atoms with Crippen molar-refractivity contribution in [3.8, 4) is 0 Å². The Morgan fingerprint density at radius 3 is 2.79 bits per heavy atom. The van der Waals surface area contributed by atoms with Crippen LogP contribution >= 0.6 is 11.3 Å². The predicted octanol–water partition coefficient (Wildman–Crippen LogP) is 3.69. The van der Waals surface area contributed by atoms with E-state index in [1.54, 1.807) is 0 Å². The van der Waals surface area contributed by atoms with E-state index in [0.717, 1.165) is 43.1 Å². The molecule has 5 heteroatoms. The molecule has 0 bridgehead atoms. The molecule has 1 N–H and O–H groups in total. The molecule has 2 heterocycles. The number of hydrogen-bond acceptors (Lipinski definition) is 3. The van der Waals surface area contributed by atoms with Crippen molar-refractivity contribution in [3.63, 3.8) is 0 Å². The number of amides is 2. The molecule has 1 aromatic rings. The molecule has 0 aromatic carbocycles. The maximum atomic E-state index is 12.4. The van der Waals surface area contributed by atoms with Crippen molar-refractivity contribution >= 4 is 23.2 Å². The van der Waals surface area contributed by atoms with Gasteiger partial charge < -0.3 is 10.2 Å². The zero-order valence-electron chi connectivity index (χ0n) is 14.3. The number of hydrogen-bond donors (Lipinski definition) is 1. The molecule has 2 amide bonds. The predicted molar refractivity (Wildman–Crippen MR) is 97.1 cm³/mol. The number of nitrogens with one attached hydrogen (secondary N) is 1. The van der Waals surface area contributed by atoms with E-state index in [2.05, 4.69) is 5.32 Å². The molecule has 1 aliphatic heterocycles. The van der Waals surface area contributed by atoms with E-state index < -0.39 is 0 Å². The van der Waals surface area contributed by atoms with Crippen LogP contribution in [0.3, 0.4) is 0 Å². The van der Waals surface area contributed by atoms with Crippen molar-refractivity contribution < 1.29 is 9.59 Å². The van der Waals surface area contributed by atoms with Gasteiger partial charge in [-0.25, -0.2) is 0 Å². The minimum absolute atomic E-state index is 0.0471. The van der Waals surface area contributed by atoms with Crippen molar-refractivity contribution in [3.05, 3.63) is 22.4 Å². The number of piperidine rings is 1. The van der Waals surface area contributed by atoms with Crippen LogP contribution in [0.5, 0.6) is 0 Å². The molecule has 24 heavy (non-hydrogen) atoms. The van der Waals surface area contributed by atoms with E-state index in [-0.39, 0.29) is 17.7 Å². The summed E-state index contributed by atoms with van der Waals surface area (Å²) in [7, 11) is 0. The Balaban J connectivity index is 1.40. The summed E-state index contributed by atoms with van der Waals surface area (Å²) in [4.78, 5) is 27.5. The first-order valence-corrected chi connectivity index (χ1v) is 10.2. The fourth-order valence-corrected chi connectivity index (χ4v) is 4.67. The van der Waals surface area contributed by atoms with E-state index in [0.29, 0.717) is 6.54 Å². The first kappa shape index (κ1) is 17.5. The van der Waals surface area contributed by atoms with Crippen LogP contribution in [-0.4, -0.2) is 36.3 Å². The van der Waals surface area contributed by atoms with Crippen LogP contribution in [0.4, 0.5) is 0 Å². The Morgan fingerprint density at radius 1 is 1.21 bits per heavy atom. The molecular weight excluding hydrogens is 320 g/mol. The summed E-state index contributed by atoms with van der Waals surface area (Å²) in [6, 6.07) is 3.76. The number of carbonyl (C=O) groups is 2. The summed E-state index contributed by atoms with van der Waals surface area (Å²) in [6.07, 6.45) is 9.64. The van der Waals surface area contributed by atoms with Gasteiger partial charge in [-0.2, -0.15) is 0 Å². The Morgan fingerprint density at radius 2 is 2.04 bits per heavy atom. The Bertz CT molecular complexity index is 538. The lowest BCUT2D eigenvalue weighted by molar-refractivity contribution is -0.126. The second kappa shape index (κ2) is 8.65. The molecule has 4 nitrogen and oxygen atoms in total. The summed E-state index contributed by atoms with van der Waals surface area (Å²) in [6.45, 7) is 2.11. The molecule has 1 saturated heterocycles. The average molecular weight is 349 g/mol. The summed E-state index contributed by atoms with van der Waals surface area (Å²) in [5, 5.41) is 5.02. The number of nitrogens with zero attached hydrogens (tertiary/aromatic N) is 1. The van der Waals surface area contributed by atoms with Crippen LogP contribution in [0.25, 0.3) is 0 Å². The summed E-state index contributed by atoms with van der Waals surface area (Å²) in [5.74, 6) is 1.04. The summed E-state index contributed by atoms with van der Waals surface area (Å²) >= 11 is 1.47. The van der Waals surface area contributed by atoms with Crippen LogP contribution in [0, 0.1) is 11.8 Å². The van der Waals surface area contributed by atoms with E-state index in [4.69, 9.17) is 0 Å². The van der Waals surface area contributed by atoms with Gasteiger partial charge in [-0.1, -0.05) is 31.7 Å². The normalized spacial score (nSPS) is 21.8. The third-order valence-corrected chi connectivity index (χ3v) is 6.23. The number of likely N-dealkylation sites (tertiary alicyclic amines) is 1. The van der Waals surface area contributed by atoms with Crippen molar-refractivity contribution in [1.29, 1.82) is 0 Å². The molecular formula is C19H28N2O2S. The van der Waals surface area contributed by atoms with E-state index >= 15 is 0 Å². The Labute approximate surface area is 148 Å². The quantitative estimate of drug-likeness (QED) is 0.797. The van der Waals surface area contributed by atoms with Crippen molar-refractivity contribution in [2.24, 2.45) is 11.8 Å². The van der Waals surface area contributed by atoms with Gasteiger partial charge in [-0.05, 0) is 43.0 Å². The molecule has 1 aliphatic carbocycles. The standard InChI is InChI=1S/C19H28N2O2S/c22-18(20-11-3-8-15-6-1-2-7-15)16-9-4-12-21(14-16)19(23)17-10-5-13-24-17/h5,10,13,15-16H,1-4,6-9,11-12,14H2,(H,20,22). The largest absolute Gasteiger partial charge is 0.356 e. The monoisotopic (exact) mass is 348 g/mol. The average Bonchev–Trinajstić information content (AvgIpc) is 3.31. The Hall–Kier alpha value is -1.36. The highest BCUT2D eigenvalue weighted by atomic mass is 32.1. The van der Waals surface area contributed by atoms with E-state index in [9.17, 15) is 9.59 Å². The van der Waals surface area contributed by atoms with Gasteiger partial charge in [0.25, 0.3) is 5.91 Å². The van der Waals surface area contributed by atoms with Gasteiger partial charge in [0.15, 0.2) is 0 Å². The van der Waals surface area contributed by atoms with Crippen molar-refractivity contribution in [1.82, 2.24) is 10.2 Å². The highest BCUT2D eigenvalue weighted by molar-refractivity contribution is 7.12. The topological polar surface area (TPSA) is 49.4 Å². The zero-order chi connectivity index (χ0) is 16.8. The fraction of sp³-hybridized carbons (Fsp3) is 0.684. The minimum Gasteiger partial charge on any atom is -0.356 e. The van der Waals surface area contributed by atoms with E-state index in [1.807, 2.05) is 22.4 Å². The third kappa shape index (κ3) is 4.59. The first-order chi connectivity index (χ1) is 11.7. The van der Waals surface area contributed by atoms with Gasteiger partial charge in [0, 0.05) is 19.6 Å². The smallest absolute Gasteiger partial charge is 0.263 e. The second-order valence-corrected chi connectivity index (χ2v) is 8.10. The molecule has 1 saturated carbocycles. The highest BCUT2D eigenvalue weighted by Gasteiger charge is 2.29. The maximum absolute atomic E-state index is 12.4. The summed E-state index contributed by atoms with van der Waals surface area (Å²) in [5.41, 5.74) is 0. The molecule has 2 fully saturated rings. The van der Waals surface area contributed by atoms with Gasteiger partial charge in [0.1, 0.15) is 0 Å². The van der Waals surface area contributed by atoms with Gasteiger partial charge >= 0.3 is 0 Å². The van der Waals surface area contributed by atoms with Crippen LogP contribution in [0.1, 0.15) is 61.0 Å². The zero-order valence-corrected chi connectivity index (χ0v) is 15.2. The number of rotatable bonds is 6. The molecule has 1 aromatic heterocycles. The van der Waals surface area contributed by atoms with Gasteiger partial charge in [0.2, 0.25) is 5.91 Å². The Kier molecular flexibility index (Phi) is 6.30. The molecule has 132 valence electrons. The molecule has 3 rings (SSSR count). The number of carbonyl (C=O) groups excluding carboxylic acids is 2. The summed E-state index contributed by atoms with van der Waals surface area (Å²) < 4.78 is 0. The van der Waals surface area contributed by atoms with Crippen LogP contribution in [0.2, 0.25) is 0 Å².